The Morgan fingerprint density at radius 3 is 2.64 bits per heavy atom. The van der Waals surface area contributed by atoms with Crippen molar-refractivity contribution >= 4 is 23.5 Å². The number of carboxylic acids is 1. The van der Waals surface area contributed by atoms with Crippen molar-refractivity contribution in [3.05, 3.63) is 34.9 Å². The van der Waals surface area contributed by atoms with Crippen LogP contribution >= 0.6 is 11.6 Å². The summed E-state index contributed by atoms with van der Waals surface area (Å²) in [7, 11) is 0. The third kappa shape index (κ3) is 2.59. The Balaban J connectivity index is 1.97. The fourth-order valence-corrected chi connectivity index (χ4v) is 3.60. The van der Waals surface area contributed by atoms with Gasteiger partial charge in [-0.15, -0.1) is 0 Å². The summed E-state index contributed by atoms with van der Waals surface area (Å²) < 4.78 is 5.79. The van der Waals surface area contributed by atoms with Gasteiger partial charge in [-0.05, 0) is 43.9 Å². The summed E-state index contributed by atoms with van der Waals surface area (Å²) in [5.74, 6) is -1.64. The van der Waals surface area contributed by atoms with E-state index in [0.717, 1.165) is 19.3 Å². The van der Waals surface area contributed by atoms with Crippen molar-refractivity contribution in [3.63, 3.8) is 0 Å². The molecule has 0 unspecified atom stereocenters. The molecule has 22 heavy (non-hydrogen) atoms. The lowest BCUT2D eigenvalue weighted by molar-refractivity contribution is -0.310. The average molecular weight is 323 g/mol. The van der Waals surface area contributed by atoms with Crippen molar-refractivity contribution in [1.82, 2.24) is 4.90 Å². The van der Waals surface area contributed by atoms with Gasteiger partial charge in [0.15, 0.2) is 0 Å². The molecule has 5 nitrogen and oxygen atoms in total. The number of hydrogen-bond acceptors (Lipinski definition) is 4. The second-order valence-corrected chi connectivity index (χ2v) is 6.27. The summed E-state index contributed by atoms with van der Waals surface area (Å²) in [5.41, 5.74) is -0.447. The molecular weight excluding hydrogens is 306 g/mol. The Kier molecular flexibility index (Phi) is 4.10. The van der Waals surface area contributed by atoms with Crippen molar-refractivity contribution in [2.24, 2.45) is 0 Å². The van der Waals surface area contributed by atoms with Gasteiger partial charge in [0, 0.05) is 10.6 Å². The predicted octanol–water partition coefficient (Wildman–Crippen LogP) is 1.59. The number of hydrogen-bond donors (Lipinski definition) is 0. The zero-order valence-electron chi connectivity index (χ0n) is 12.1. The van der Waals surface area contributed by atoms with E-state index in [1.54, 1.807) is 24.3 Å². The number of carbonyl (C=O) groups excluding carboxylic acids is 2. The first-order valence-corrected chi connectivity index (χ1v) is 7.85. The van der Waals surface area contributed by atoms with Gasteiger partial charge in [0.1, 0.15) is 5.72 Å². The first-order valence-electron chi connectivity index (χ1n) is 7.47. The van der Waals surface area contributed by atoms with Gasteiger partial charge in [0.25, 0.3) is 5.91 Å². The summed E-state index contributed by atoms with van der Waals surface area (Å²) in [4.78, 5) is 25.7. The van der Waals surface area contributed by atoms with Gasteiger partial charge >= 0.3 is 0 Å². The average Bonchev–Trinajstić information content (AvgIpc) is 2.86. The van der Waals surface area contributed by atoms with Gasteiger partial charge in [0.05, 0.1) is 18.6 Å². The van der Waals surface area contributed by atoms with Crippen LogP contribution in [0.25, 0.3) is 0 Å². The number of carbonyl (C=O) groups is 2. The SMILES string of the molecule is O=C([O-])[C@@H]1COC2(CCCCC2)N1C(=O)c1cccc(Cl)c1. The number of rotatable bonds is 2. The molecule has 1 amide bonds. The molecule has 1 aliphatic carbocycles. The maximum absolute atomic E-state index is 12.9. The topological polar surface area (TPSA) is 69.7 Å². The minimum absolute atomic E-state index is 0.0192. The Bertz CT molecular complexity index is 598. The molecule has 0 radical (unpaired) electrons. The molecule has 0 aromatic heterocycles. The van der Waals surface area contributed by atoms with Crippen LogP contribution in [0.3, 0.4) is 0 Å². The van der Waals surface area contributed by atoms with E-state index >= 15 is 0 Å². The van der Waals surface area contributed by atoms with Crippen molar-refractivity contribution in [2.45, 2.75) is 43.9 Å². The minimum Gasteiger partial charge on any atom is -0.548 e. The molecule has 3 rings (SSSR count). The van der Waals surface area contributed by atoms with E-state index < -0.39 is 17.7 Å². The molecular formula is C16H17ClNO4-. The zero-order chi connectivity index (χ0) is 15.7. The van der Waals surface area contributed by atoms with Crippen LogP contribution in [-0.4, -0.2) is 35.2 Å². The Morgan fingerprint density at radius 1 is 1.27 bits per heavy atom. The number of aliphatic carboxylic acids is 1. The minimum atomic E-state index is -1.28. The molecule has 1 heterocycles. The molecule has 1 saturated heterocycles. The molecule has 1 aromatic carbocycles. The molecule has 1 atom stereocenters. The van der Waals surface area contributed by atoms with E-state index in [0.29, 0.717) is 23.4 Å². The largest absolute Gasteiger partial charge is 0.548 e. The third-order valence-corrected chi connectivity index (χ3v) is 4.69. The van der Waals surface area contributed by atoms with E-state index in [2.05, 4.69) is 0 Å². The molecule has 1 spiro atoms. The molecule has 0 N–H and O–H groups in total. The van der Waals surface area contributed by atoms with E-state index in [-0.39, 0.29) is 12.5 Å². The molecule has 2 fully saturated rings. The van der Waals surface area contributed by atoms with Crippen LogP contribution in [0.1, 0.15) is 42.5 Å². The molecule has 118 valence electrons. The first-order chi connectivity index (χ1) is 10.5. The van der Waals surface area contributed by atoms with Crippen LogP contribution in [0.2, 0.25) is 5.02 Å². The lowest BCUT2D eigenvalue weighted by Crippen LogP contribution is -2.57. The van der Waals surface area contributed by atoms with E-state index in [9.17, 15) is 14.7 Å². The maximum atomic E-state index is 12.9. The highest BCUT2D eigenvalue weighted by atomic mass is 35.5. The van der Waals surface area contributed by atoms with Crippen molar-refractivity contribution in [3.8, 4) is 0 Å². The molecule has 1 saturated carbocycles. The summed E-state index contributed by atoms with van der Waals surface area (Å²) in [6.07, 6.45) is 4.21. The van der Waals surface area contributed by atoms with E-state index in [1.807, 2.05) is 0 Å². The summed E-state index contributed by atoms with van der Waals surface area (Å²) in [6, 6.07) is 5.48. The standard InChI is InChI=1S/C16H18ClNO4/c17-12-6-4-5-11(9-12)14(19)18-13(15(20)21)10-22-16(18)7-2-1-3-8-16/h4-6,9,13H,1-3,7-8,10H2,(H,20,21)/p-1/t13-/m0/s1. The number of amides is 1. The number of ether oxygens (including phenoxy) is 1. The Morgan fingerprint density at radius 2 is 2.00 bits per heavy atom. The highest BCUT2D eigenvalue weighted by Crippen LogP contribution is 2.41. The van der Waals surface area contributed by atoms with Gasteiger partial charge in [-0.2, -0.15) is 0 Å². The van der Waals surface area contributed by atoms with Gasteiger partial charge in [0.2, 0.25) is 0 Å². The fraction of sp³-hybridized carbons (Fsp3) is 0.500. The van der Waals surface area contributed by atoms with Crippen molar-refractivity contribution in [1.29, 1.82) is 0 Å². The van der Waals surface area contributed by atoms with Crippen LogP contribution in [0, 0.1) is 0 Å². The van der Waals surface area contributed by atoms with Crippen molar-refractivity contribution < 1.29 is 19.4 Å². The van der Waals surface area contributed by atoms with Gasteiger partial charge in [-0.1, -0.05) is 24.1 Å². The Hall–Kier alpha value is -1.59. The number of benzene rings is 1. The lowest BCUT2D eigenvalue weighted by atomic mass is 9.89. The number of carboxylic acid groups (broad SMARTS) is 1. The van der Waals surface area contributed by atoms with Crippen LogP contribution in [0.15, 0.2) is 24.3 Å². The van der Waals surface area contributed by atoms with Crippen LogP contribution in [-0.2, 0) is 9.53 Å². The van der Waals surface area contributed by atoms with Gasteiger partial charge in [-0.25, -0.2) is 0 Å². The fourth-order valence-electron chi connectivity index (χ4n) is 3.41. The third-order valence-electron chi connectivity index (χ3n) is 4.46. The lowest BCUT2D eigenvalue weighted by Gasteiger charge is -2.42. The second kappa shape index (κ2) is 5.89. The monoisotopic (exact) mass is 322 g/mol. The van der Waals surface area contributed by atoms with E-state index in [4.69, 9.17) is 16.3 Å². The zero-order valence-corrected chi connectivity index (χ0v) is 12.8. The van der Waals surface area contributed by atoms with Gasteiger partial charge in [-0.3, -0.25) is 9.69 Å². The highest BCUT2D eigenvalue weighted by Gasteiger charge is 2.51. The number of halogens is 1. The van der Waals surface area contributed by atoms with Crippen LogP contribution < -0.4 is 5.11 Å². The van der Waals surface area contributed by atoms with Crippen molar-refractivity contribution in [2.75, 3.05) is 6.61 Å². The predicted molar refractivity (Wildman–Crippen MR) is 78.2 cm³/mol. The molecule has 1 aliphatic heterocycles. The first kappa shape index (κ1) is 15.3. The molecule has 2 aliphatic rings. The maximum Gasteiger partial charge on any atom is 0.256 e. The smallest absolute Gasteiger partial charge is 0.256 e. The molecule has 1 aromatic rings. The quantitative estimate of drug-likeness (QED) is 0.829. The van der Waals surface area contributed by atoms with Crippen LogP contribution in [0.5, 0.6) is 0 Å². The highest BCUT2D eigenvalue weighted by molar-refractivity contribution is 6.31. The summed E-state index contributed by atoms with van der Waals surface area (Å²) in [5, 5.41) is 11.9. The summed E-state index contributed by atoms with van der Waals surface area (Å²) in [6.45, 7) is -0.0192. The molecule has 6 heteroatoms. The normalized spacial score (nSPS) is 23.7. The number of nitrogens with zero attached hydrogens (tertiary/aromatic N) is 1. The van der Waals surface area contributed by atoms with Gasteiger partial charge < -0.3 is 14.6 Å². The summed E-state index contributed by atoms with van der Waals surface area (Å²) >= 11 is 5.94. The Labute approximate surface area is 133 Å². The van der Waals surface area contributed by atoms with Crippen LogP contribution in [0.4, 0.5) is 0 Å². The molecule has 0 bridgehead atoms. The second-order valence-electron chi connectivity index (χ2n) is 5.84. The van der Waals surface area contributed by atoms with E-state index in [1.165, 1.54) is 4.90 Å².